The van der Waals surface area contributed by atoms with Crippen molar-refractivity contribution in [2.45, 2.75) is 20.4 Å². The van der Waals surface area contributed by atoms with Crippen molar-refractivity contribution in [2.24, 2.45) is 0 Å². The molecule has 1 fully saturated rings. The third-order valence-corrected chi connectivity index (χ3v) is 5.23. The summed E-state index contributed by atoms with van der Waals surface area (Å²) in [7, 11) is 0. The summed E-state index contributed by atoms with van der Waals surface area (Å²) < 4.78 is 6.02. The van der Waals surface area contributed by atoms with Crippen LogP contribution in [0, 0.1) is 13.8 Å². The van der Waals surface area contributed by atoms with E-state index in [1.165, 1.54) is 11.1 Å². The average Bonchev–Trinajstić information content (AvgIpc) is 2.71. The number of para-hydroxylation sites is 1. The smallest absolute Gasteiger partial charge is 0.234 e. The molecule has 1 aliphatic heterocycles. The Kier molecular flexibility index (Phi) is 7.46. The molecule has 0 spiro atoms. The zero-order chi connectivity index (χ0) is 19.8. The number of nitrogens with one attached hydrogen (secondary N) is 1. The largest absolute Gasteiger partial charge is 0.492 e. The number of aryl methyl sites for hydroxylation is 2. The fraction of sp³-hybridized carbons (Fsp3) is 0.435. The van der Waals surface area contributed by atoms with E-state index in [2.05, 4.69) is 47.2 Å². The number of amides is 1. The summed E-state index contributed by atoms with van der Waals surface area (Å²) in [6, 6.07) is 16.3. The molecule has 0 bridgehead atoms. The second-order valence-corrected chi connectivity index (χ2v) is 7.45. The molecule has 0 radical (unpaired) electrons. The summed E-state index contributed by atoms with van der Waals surface area (Å²) in [5.74, 6) is 1.10. The summed E-state index contributed by atoms with van der Waals surface area (Å²) in [6.07, 6.45) is 0. The van der Waals surface area contributed by atoms with Gasteiger partial charge in [-0.1, -0.05) is 48.5 Å². The van der Waals surface area contributed by atoms with E-state index in [0.717, 1.165) is 44.0 Å². The van der Waals surface area contributed by atoms with Gasteiger partial charge in [-0.05, 0) is 30.5 Å². The zero-order valence-electron chi connectivity index (χ0n) is 17.0. The van der Waals surface area contributed by atoms with Gasteiger partial charge in [-0.3, -0.25) is 14.6 Å². The predicted octanol–water partition coefficient (Wildman–Crippen LogP) is 2.62. The third kappa shape index (κ3) is 6.08. The molecule has 5 heteroatoms. The molecule has 2 aromatic rings. The summed E-state index contributed by atoms with van der Waals surface area (Å²) in [5, 5.41) is 3.01. The summed E-state index contributed by atoms with van der Waals surface area (Å²) in [5.41, 5.74) is 3.50. The number of nitrogens with zero attached hydrogens (tertiary/aromatic N) is 2. The van der Waals surface area contributed by atoms with Crippen molar-refractivity contribution in [3.63, 3.8) is 0 Å². The van der Waals surface area contributed by atoms with Gasteiger partial charge >= 0.3 is 0 Å². The van der Waals surface area contributed by atoms with Crippen LogP contribution >= 0.6 is 0 Å². The molecule has 0 saturated carbocycles. The Hall–Kier alpha value is -2.37. The van der Waals surface area contributed by atoms with Gasteiger partial charge in [0.05, 0.1) is 6.54 Å². The maximum absolute atomic E-state index is 12.2. The minimum atomic E-state index is 0.0932. The molecule has 3 rings (SSSR count). The molecule has 1 aliphatic rings. The highest BCUT2D eigenvalue weighted by molar-refractivity contribution is 5.78. The van der Waals surface area contributed by atoms with Crippen molar-refractivity contribution in [1.29, 1.82) is 0 Å². The number of carbonyl (C=O) groups is 1. The molecule has 5 nitrogen and oxygen atoms in total. The van der Waals surface area contributed by atoms with Gasteiger partial charge in [0, 0.05) is 39.3 Å². The van der Waals surface area contributed by atoms with E-state index >= 15 is 0 Å². The van der Waals surface area contributed by atoms with E-state index in [9.17, 15) is 4.79 Å². The highest BCUT2D eigenvalue weighted by Crippen LogP contribution is 2.22. The molecule has 28 heavy (non-hydrogen) atoms. The maximum Gasteiger partial charge on any atom is 0.234 e. The van der Waals surface area contributed by atoms with E-state index < -0.39 is 0 Å². The SMILES string of the molecule is Cc1cccc(C)c1OCCN1CCN(CC(=O)NCc2ccccc2)CC1. The molecule has 1 amide bonds. The van der Waals surface area contributed by atoms with E-state index in [1.54, 1.807) is 0 Å². The normalized spacial score (nSPS) is 15.4. The van der Waals surface area contributed by atoms with Crippen LogP contribution < -0.4 is 10.1 Å². The highest BCUT2D eigenvalue weighted by atomic mass is 16.5. The highest BCUT2D eigenvalue weighted by Gasteiger charge is 2.18. The minimum Gasteiger partial charge on any atom is -0.492 e. The lowest BCUT2D eigenvalue weighted by Gasteiger charge is -2.34. The number of carbonyl (C=O) groups excluding carboxylic acids is 1. The lowest BCUT2D eigenvalue weighted by Crippen LogP contribution is -2.50. The Bertz CT molecular complexity index is 735. The van der Waals surface area contributed by atoms with Crippen LogP contribution in [0.1, 0.15) is 16.7 Å². The standard InChI is InChI=1S/C23H31N3O2/c1-19-7-6-8-20(2)23(19)28-16-15-25-11-13-26(14-12-25)18-22(27)24-17-21-9-4-3-5-10-21/h3-10H,11-18H2,1-2H3,(H,24,27). The fourth-order valence-electron chi connectivity index (χ4n) is 3.53. The van der Waals surface area contributed by atoms with Crippen LogP contribution in [0.15, 0.2) is 48.5 Å². The molecule has 0 aliphatic carbocycles. The first kappa shape index (κ1) is 20.4. The molecular weight excluding hydrogens is 350 g/mol. The molecule has 1 heterocycles. The van der Waals surface area contributed by atoms with E-state index in [1.807, 2.05) is 30.3 Å². The Balaban J connectivity index is 1.32. The van der Waals surface area contributed by atoms with Gasteiger partial charge in [0.15, 0.2) is 0 Å². The molecule has 0 atom stereocenters. The van der Waals surface area contributed by atoms with Gasteiger partial charge in [0.25, 0.3) is 0 Å². The second-order valence-electron chi connectivity index (χ2n) is 7.45. The van der Waals surface area contributed by atoms with Gasteiger partial charge in [0.1, 0.15) is 12.4 Å². The minimum absolute atomic E-state index is 0.0932. The van der Waals surface area contributed by atoms with Gasteiger partial charge < -0.3 is 10.1 Å². The number of piperazine rings is 1. The van der Waals surface area contributed by atoms with E-state index in [4.69, 9.17) is 4.74 Å². The van der Waals surface area contributed by atoms with Crippen LogP contribution in [0.2, 0.25) is 0 Å². The Morgan fingerprint density at radius 3 is 2.25 bits per heavy atom. The number of benzene rings is 2. The first-order valence-electron chi connectivity index (χ1n) is 10.1. The number of rotatable bonds is 8. The lowest BCUT2D eigenvalue weighted by atomic mass is 10.1. The van der Waals surface area contributed by atoms with Crippen LogP contribution in [-0.2, 0) is 11.3 Å². The van der Waals surface area contributed by atoms with Crippen molar-refractivity contribution < 1.29 is 9.53 Å². The average molecular weight is 382 g/mol. The van der Waals surface area contributed by atoms with Crippen LogP contribution in [0.3, 0.4) is 0 Å². The van der Waals surface area contributed by atoms with Gasteiger partial charge in [-0.2, -0.15) is 0 Å². The number of hydrogen-bond acceptors (Lipinski definition) is 4. The Morgan fingerprint density at radius 2 is 1.57 bits per heavy atom. The van der Waals surface area contributed by atoms with E-state index in [0.29, 0.717) is 19.7 Å². The molecule has 150 valence electrons. The zero-order valence-corrected chi connectivity index (χ0v) is 17.0. The molecule has 1 N–H and O–H groups in total. The van der Waals surface area contributed by atoms with Gasteiger partial charge in [-0.15, -0.1) is 0 Å². The summed E-state index contributed by atoms with van der Waals surface area (Å²) in [4.78, 5) is 16.8. The Morgan fingerprint density at radius 1 is 0.929 bits per heavy atom. The summed E-state index contributed by atoms with van der Waals surface area (Å²) >= 11 is 0. The second kappa shape index (κ2) is 10.2. The molecule has 0 aromatic heterocycles. The van der Waals surface area contributed by atoms with Gasteiger partial charge in [-0.25, -0.2) is 0 Å². The molecular formula is C23H31N3O2. The first-order valence-corrected chi connectivity index (χ1v) is 10.1. The number of hydrogen-bond donors (Lipinski definition) is 1. The van der Waals surface area contributed by atoms with Crippen LogP contribution in [0.5, 0.6) is 5.75 Å². The third-order valence-electron chi connectivity index (χ3n) is 5.23. The van der Waals surface area contributed by atoms with Crippen molar-refractivity contribution in [3.05, 3.63) is 65.2 Å². The lowest BCUT2D eigenvalue weighted by molar-refractivity contribution is -0.122. The molecule has 1 saturated heterocycles. The molecule has 0 unspecified atom stereocenters. The quantitative estimate of drug-likeness (QED) is 0.764. The van der Waals surface area contributed by atoms with Crippen molar-refractivity contribution in [3.8, 4) is 5.75 Å². The van der Waals surface area contributed by atoms with Gasteiger partial charge in [0.2, 0.25) is 5.91 Å². The van der Waals surface area contributed by atoms with Crippen LogP contribution in [0.4, 0.5) is 0 Å². The Labute approximate surface area is 168 Å². The topological polar surface area (TPSA) is 44.8 Å². The van der Waals surface area contributed by atoms with Crippen LogP contribution in [0.25, 0.3) is 0 Å². The van der Waals surface area contributed by atoms with E-state index in [-0.39, 0.29) is 5.91 Å². The van der Waals surface area contributed by atoms with Crippen molar-refractivity contribution in [1.82, 2.24) is 15.1 Å². The first-order chi connectivity index (χ1) is 13.6. The van der Waals surface area contributed by atoms with Crippen molar-refractivity contribution >= 4 is 5.91 Å². The monoisotopic (exact) mass is 381 g/mol. The fourth-order valence-corrected chi connectivity index (χ4v) is 3.53. The summed E-state index contributed by atoms with van der Waals surface area (Å²) in [6.45, 7) is 10.6. The predicted molar refractivity (Wildman–Crippen MR) is 113 cm³/mol. The maximum atomic E-state index is 12.2. The van der Waals surface area contributed by atoms with Crippen LogP contribution in [-0.4, -0.2) is 61.6 Å². The number of ether oxygens (including phenoxy) is 1. The molecule has 2 aromatic carbocycles. The van der Waals surface area contributed by atoms with Crippen molar-refractivity contribution in [2.75, 3.05) is 45.9 Å².